The number of hydrogen-bond donors (Lipinski definition) is 0. The van der Waals surface area contributed by atoms with Crippen molar-refractivity contribution in [1.82, 2.24) is 14.5 Å². The lowest BCUT2D eigenvalue weighted by atomic mass is 10.1. The Kier molecular flexibility index (Phi) is 6.06. The molecule has 30 heavy (non-hydrogen) atoms. The lowest BCUT2D eigenvalue weighted by Crippen LogP contribution is -2.56. The predicted octanol–water partition coefficient (Wildman–Crippen LogP) is 3.94. The zero-order valence-electron chi connectivity index (χ0n) is 17.0. The number of hydrogen-bond acceptors (Lipinski definition) is 5. The van der Waals surface area contributed by atoms with Gasteiger partial charge in [0.25, 0.3) is 5.56 Å². The fourth-order valence-electron chi connectivity index (χ4n) is 3.26. The molecule has 6 nitrogen and oxygen atoms in total. The van der Waals surface area contributed by atoms with E-state index in [0.717, 1.165) is 30.2 Å². The summed E-state index contributed by atoms with van der Waals surface area (Å²) in [5.41, 5.74) is 1.34. The largest absolute Gasteiger partial charge is 0.488 e. The highest BCUT2D eigenvalue weighted by atomic mass is 35.5. The monoisotopic (exact) mass is 425 g/mol. The highest BCUT2D eigenvalue weighted by Crippen LogP contribution is 2.21. The maximum Gasteiger partial charge on any atom is 0.258 e. The van der Waals surface area contributed by atoms with Crippen molar-refractivity contribution in [1.29, 1.82) is 0 Å². The molecule has 3 heterocycles. The van der Waals surface area contributed by atoms with E-state index in [2.05, 4.69) is 23.7 Å². The van der Waals surface area contributed by atoms with Gasteiger partial charge in [-0.05, 0) is 56.3 Å². The molecule has 0 amide bonds. The first-order valence-electron chi connectivity index (χ1n) is 9.95. The third kappa shape index (κ3) is 4.83. The van der Waals surface area contributed by atoms with E-state index in [1.54, 1.807) is 35.2 Å². The van der Waals surface area contributed by atoms with Gasteiger partial charge in [0.15, 0.2) is 0 Å². The molecule has 0 radical (unpaired) electrons. The summed E-state index contributed by atoms with van der Waals surface area (Å²) in [4.78, 5) is 19.1. The molecule has 0 bridgehead atoms. The van der Waals surface area contributed by atoms with Crippen molar-refractivity contribution in [2.24, 2.45) is 0 Å². The van der Waals surface area contributed by atoms with E-state index in [1.165, 1.54) is 6.07 Å². The lowest BCUT2D eigenvalue weighted by molar-refractivity contribution is 0.000154. The van der Waals surface area contributed by atoms with Gasteiger partial charge in [-0.2, -0.15) is 0 Å². The summed E-state index contributed by atoms with van der Waals surface area (Å²) >= 11 is 5.83. The van der Waals surface area contributed by atoms with Crippen LogP contribution in [0.3, 0.4) is 0 Å². The second-order valence-corrected chi connectivity index (χ2v) is 8.04. The Morgan fingerprint density at radius 2 is 1.87 bits per heavy atom. The van der Waals surface area contributed by atoms with E-state index in [0.29, 0.717) is 16.8 Å². The van der Waals surface area contributed by atoms with Gasteiger partial charge < -0.3 is 9.47 Å². The van der Waals surface area contributed by atoms with E-state index in [4.69, 9.17) is 21.1 Å². The molecule has 7 heteroatoms. The average Bonchev–Trinajstić information content (AvgIpc) is 2.70. The van der Waals surface area contributed by atoms with Crippen molar-refractivity contribution in [3.05, 3.63) is 82.0 Å². The molecule has 4 rings (SSSR count). The summed E-state index contributed by atoms with van der Waals surface area (Å²) in [6.07, 6.45) is 3.50. The van der Waals surface area contributed by atoms with Crippen molar-refractivity contribution in [2.45, 2.75) is 32.6 Å². The van der Waals surface area contributed by atoms with E-state index in [9.17, 15) is 4.79 Å². The third-order valence-corrected chi connectivity index (χ3v) is 5.31. The first-order valence-corrected chi connectivity index (χ1v) is 10.3. The highest BCUT2D eigenvalue weighted by molar-refractivity contribution is 6.30. The molecule has 0 saturated carbocycles. The third-order valence-electron chi connectivity index (χ3n) is 5.09. The fraction of sp³-hybridized carbons (Fsp3) is 0.304. The van der Waals surface area contributed by atoms with Crippen LogP contribution in [0.2, 0.25) is 5.02 Å². The standard InChI is InChI=1S/C23H24ClN3O3/c1-16(2)26-13-22(14-26)30-20-7-5-19(6-8-20)27-10-9-21(11-23(27)28)29-15-18-4-3-17(24)12-25-18/h3-12,16,22H,13-15H2,1-2H3. The van der Waals surface area contributed by atoms with Crippen molar-refractivity contribution < 1.29 is 9.47 Å². The first kappa shape index (κ1) is 20.4. The molecule has 0 N–H and O–H groups in total. The van der Waals surface area contributed by atoms with E-state index >= 15 is 0 Å². The van der Waals surface area contributed by atoms with Gasteiger partial charge >= 0.3 is 0 Å². The first-order chi connectivity index (χ1) is 14.5. The molecule has 1 aliphatic heterocycles. The number of benzene rings is 1. The molecular formula is C23H24ClN3O3. The Bertz CT molecular complexity index is 1040. The van der Waals surface area contributed by atoms with Crippen molar-refractivity contribution in [2.75, 3.05) is 13.1 Å². The Morgan fingerprint density at radius 3 is 2.50 bits per heavy atom. The van der Waals surface area contributed by atoms with Gasteiger partial charge in [-0.3, -0.25) is 19.2 Å². The summed E-state index contributed by atoms with van der Waals surface area (Å²) in [6, 6.07) is 14.9. The van der Waals surface area contributed by atoms with Gasteiger partial charge in [-0.15, -0.1) is 0 Å². The number of aromatic nitrogens is 2. The summed E-state index contributed by atoms with van der Waals surface area (Å²) in [7, 11) is 0. The highest BCUT2D eigenvalue weighted by Gasteiger charge is 2.29. The van der Waals surface area contributed by atoms with Gasteiger partial charge in [-0.25, -0.2) is 0 Å². The van der Waals surface area contributed by atoms with Gasteiger partial charge in [0.2, 0.25) is 0 Å². The Hall–Kier alpha value is -2.83. The normalized spacial score (nSPS) is 14.5. The topological polar surface area (TPSA) is 56.6 Å². The van der Waals surface area contributed by atoms with Crippen LogP contribution in [0.25, 0.3) is 5.69 Å². The minimum atomic E-state index is -0.170. The molecule has 1 saturated heterocycles. The fourth-order valence-corrected chi connectivity index (χ4v) is 3.37. The molecule has 0 atom stereocenters. The molecular weight excluding hydrogens is 402 g/mol. The van der Waals surface area contributed by atoms with Crippen LogP contribution in [0.5, 0.6) is 11.5 Å². The van der Waals surface area contributed by atoms with Gasteiger partial charge in [0.1, 0.15) is 24.2 Å². The Morgan fingerprint density at radius 1 is 1.10 bits per heavy atom. The summed E-state index contributed by atoms with van der Waals surface area (Å²) in [5, 5.41) is 0.572. The molecule has 156 valence electrons. The second kappa shape index (κ2) is 8.90. The Balaban J connectivity index is 1.37. The number of rotatable bonds is 7. The maximum atomic E-state index is 12.5. The molecule has 0 spiro atoms. The van der Waals surface area contributed by atoms with Crippen LogP contribution in [0.15, 0.2) is 65.7 Å². The van der Waals surface area contributed by atoms with Gasteiger partial charge in [0.05, 0.1) is 10.7 Å². The number of ether oxygens (including phenoxy) is 2. The van der Waals surface area contributed by atoms with Crippen LogP contribution in [-0.2, 0) is 6.61 Å². The van der Waals surface area contributed by atoms with Crippen LogP contribution in [0.4, 0.5) is 0 Å². The van der Waals surface area contributed by atoms with Crippen LogP contribution in [0.1, 0.15) is 19.5 Å². The smallest absolute Gasteiger partial charge is 0.258 e. The summed E-state index contributed by atoms with van der Waals surface area (Å²) in [6.45, 7) is 6.54. The van der Waals surface area contributed by atoms with Gasteiger partial charge in [0, 0.05) is 43.3 Å². The Labute approximate surface area is 180 Å². The molecule has 1 aliphatic rings. The minimum Gasteiger partial charge on any atom is -0.488 e. The molecule has 1 aromatic carbocycles. The van der Waals surface area contributed by atoms with Gasteiger partial charge in [-0.1, -0.05) is 11.6 Å². The van der Waals surface area contributed by atoms with E-state index < -0.39 is 0 Å². The zero-order chi connectivity index (χ0) is 21.1. The van der Waals surface area contributed by atoms with Crippen molar-refractivity contribution in [3.8, 4) is 17.2 Å². The van der Waals surface area contributed by atoms with Crippen LogP contribution in [-0.4, -0.2) is 39.7 Å². The minimum absolute atomic E-state index is 0.170. The molecule has 3 aromatic rings. The SMILES string of the molecule is CC(C)N1CC(Oc2ccc(-n3ccc(OCc4ccc(Cl)cn4)cc3=O)cc2)C1. The lowest BCUT2D eigenvalue weighted by Gasteiger charge is -2.41. The number of likely N-dealkylation sites (tertiary alicyclic amines) is 1. The van der Waals surface area contributed by atoms with Crippen LogP contribution in [0, 0.1) is 0 Å². The number of nitrogens with zero attached hydrogens (tertiary/aromatic N) is 3. The molecule has 2 aromatic heterocycles. The maximum absolute atomic E-state index is 12.5. The second-order valence-electron chi connectivity index (χ2n) is 7.61. The van der Waals surface area contributed by atoms with E-state index in [1.807, 2.05) is 24.3 Å². The quantitative estimate of drug-likeness (QED) is 0.574. The molecule has 1 fully saturated rings. The van der Waals surface area contributed by atoms with Crippen LogP contribution < -0.4 is 15.0 Å². The predicted molar refractivity (Wildman–Crippen MR) is 117 cm³/mol. The average molecular weight is 426 g/mol. The summed E-state index contributed by atoms with van der Waals surface area (Å²) < 4.78 is 13.2. The molecule has 0 aliphatic carbocycles. The zero-order valence-corrected chi connectivity index (χ0v) is 17.7. The van der Waals surface area contributed by atoms with Crippen molar-refractivity contribution in [3.63, 3.8) is 0 Å². The van der Waals surface area contributed by atoms with Crippen LogP contribution >= 0.6 is 11.6 Å². The number of halogens is 1. The number of pyridine rings is 2. The summed E-state index contributed by atoms with van der Waals surface area (Å²) in [5.74, 6) is 1.31. The molecule has 0 unspecified atom stereocenters. The van der Waals surface area contributed by atoms with E-state index in [-0.39, 0.29) is 18.3 Å². The van der Waals surface area contributed by atoms with Crippen molar-refractivity contribution >= 4 is 11.6 Å².